The summed E-state index contributed by atoms with van der Waals surface area (Å²) in [6.45, 7) is 4.84. The lowest BCUT2D eigenvalue weighted by molar-refractivity contribution is -0.128. The summed E-state index contributed by atoms with van der Waals surface area (Å²) >= 11 is 0. The van der Waals surface area contributed by atoms with E-state index >= 15 is 0 Å². The summed E-state index contributed by atoms with van der Waals surface area (Å²) in [6, 6.07) is 21.4. The number of nitrogens with one attached hydrogen (secondary N) is 1. The fourth-order valence-electron chi connectivity index (χ4n) is 4.32. The Hall–Kier alpha value is -3.65. The van der Waals surface area contributed by atoms with Gasteiger partial charge in [-0.1, -0.05) is 60.2 Å². The van der Waals surface area contributed by atoms with E-state index in [1.807, 2.05) is 55.1 Å². The molecule has 8 heteroatoms. The standard InChI is InChI=1S/C28H31N3O4S/c1-21-13-15-25(16-14-21)36(34,35)31(26-11-6-3-8-22(26)2)20-27(32)29-18-23-9-4-5-10-24(23)19-30-17-7-12-28(30)33/h3-6,8-11,13-16H,7,12,17-20H2,1-2H3,(H,29,32). The zero-order valence-corrected chi connectivity index (χ0v) is 21.4. The van der Waals surface area contributed by atoms with Crippen LogP contribution >= 0.6 is 0 Å². The molecule has 1 saturated heterocycles. The zero-order chi connectivity index (χ0) is 25.7. The van der Waals surface area contributed by atoms with Crippen molar-refractivity contribution in [3.05, 3.63) is 95.1 Å². The van der Waals surface area contributed by atoms with Crippen LogP contribution in [0.1, 0.15) is 35.1 Å². The first kappa shape index (κ1) is 25.4. The number of carbonyl (C=O) groups is 2. The van der Waals surface area contributed by atoms with E-state index in [0.717, 1.165) is 39.5 Å². The van der Waals surface area contributed by atoms with E-state index in [9.17, 15) is 18.0 Å². The van der Waals surface area contributed by atoms with E-state index < -0.39 is 15.9 Å². The third kappa shape index (κ3) is 5.76. The fourth-order valence-corrected chi connectivity index (χ4v) is 5.81. The number of hydrogen-bond acceptors (Lipinski definition) is 4. The van der Waals surface area contributed by atoms with Crippen molar-refractivity contribution in [2.45, 2.75) is 44.7 Å². The summed E-state index contributed by atoms with van der Waals surface area (Å²) in [5.41, 5.74) is 4.02. The van der Waals surface area contributed by atoms with Crippen LogP contribution in [0.5, 0.6) is 0 Å². The molecule has 3 aromatic rings. The number of sulfonamides is 1. The normalized spacial score (nSPS) is 13.6. The third-order valence-corrected chi connectivity index (χ3v) is 8.18. The van der Waals surface area contributed by atoms with Crippen LogP contribution < -0.4 is 9.62 Å². The predicted molar refractivity (Wildman–Crippen MR) is 140 cm³/mol. The van der Waals surface area contributed by atoms with Gasteiger partial charge in [0.25, 0.3) is 10.0 Å². The minimum absolute atomic E-state index is 0.129. The van der Waals surface area contributed by atoms with Crippen molar-refractivity contribution in [1.29, 1.82) is 0 Å². The number of likely N-dealkylation sites (tertiary alicyclic amines) is 1. The molecule has 0 aliphatic carbocycles. The maximum atomic E-state index is 13.6. The second kappa shape index (κ2) is 11.0. The van der Waals surface area contributed by atoms with E-state index in [0.29, 0.717) is 18.7 Å². The van der Waals surface area contributed by atoms with Gasteiger partial charge in [0.2, 0.25) is 11.8 Å². The average molecular weight is 506 g/mol. The number of nitrogens with zero attached hydrogens (tertiary/aromatic N) is 2. The molecule has 1 aliphatic rings. The smallest absolute Gasteiger partial charge is 0.264 e. The molecule has 1 fully saturated rings. The van der Waals surface area contributed by atoms with Gasteiger partial charge in [0.1, 0.15) is 6.54 Å². The van der Waals surface area contributed by atoms with Crippen molar-refractivity contribution in [3.8, 4) is 0 Å². The monoisotopic (exact) mass is 505 g/mol. The molecule has 3 aromatic carbocycles. The lowest BCUT2D eigenvalue weighted by Crippen LogP contribution is -2.41. The Morgan fingerprint density at radius 1 is 0.944 bits per heavy atom. The highest BCUT2D eigenvalue weighted by Gasteiger charge is 2.28. The van der Waals surface area contributed by atoms with Gasteiger partial charge in [-0.2, -0.15) is 0 Å². The minimum Gasteiger partial charge on any atom is -0.350 e. The molecule has 1 heterocycles. The van der Waals surface area contributed by atoms with E-state index in [2.05, 4.69) is 5.32 Å². The molecule has 0 atom stereocenters. The van der Waals surface area contributed by atoms with E-state index in [1.165, 1.54) is 0 Å². The maximum absolute atomic E-state index is 13.6. The van der Waals surface area contributed by atoms with Gasteiger partial charge in [-0.15, -0.1) is 0 Å². The molecule has 0 spiro atoms. The molecule has 7 nitrogen and oxygen atoms in total. The zero-order valence-electron chi connectivity index (χ0n) is 20.6. The van der Waals surface area contributed by atoms with Crippen LogP contribution in [0, 0.1) is 13.8 Å². The number of benzene rings is 3. The highest BCUT2D eigenvalue weighted by atomic mass is 32.2. The summed E-state index contributed by atoms with van der Waals surface area (Å²) in [5, 5.41) is 2.88. The number of rotatable bonds is 9. The number of para-hydroxylation sites is 1. The Bertz CT molecular complexity index is 1350. The first-order valence-corrected chi connectivity index (χ1v) is 13.5. The van der Waals surface area contributed by atoms with Gasteiger partial charge < -0.3 is 10.2 Å². The maximum Gasteiger partial charge on any atom is 0.264 e. The molecule has 0 aromatic heterocycles. The molecule has 4 rings (SSSR count). The Kier molecular flexibility index (Phi) is 7.74. The van der Waals surface area contributed by atoms with Crippen molar-refractivity contribution in [2.75, 3.05) is 17.4 Å². The van der Waals surface area contributed by atoms with Crippen LogP contribution in [-0.2, 0) is 32.7 Å². The van der Waals surface area contributed by atoms with E-state index in [4.69, 9.17) is 0 Å². The van der Waals surface area contributed by atoms with Crippen LogP contribution in [0.15, 0.2) is 77.7 Å². The second-order valence-electron chi connectivity index (χ2n) is 9.08. The van der Waals surface area contributed by atoms with Gasteiger partial charge in [0, 0.05) is 26.1 Å². The molecule has 1 N–H and O–H groups in total. The first-order valence-electron chi connectivity index (χ1n) is 12.0. The number of amides is 2. The quantitative estimate of drug-likeness (QED) is 0.477. The lowest BCUT2D eigenvalue weighted by atomic mass is 10.1. The van der Waals surface area contributed by atoms with E-state index in [1.54, 1.807) is 36.4 Å². The highest BCUT2D eigenvalue weighted by Crippen LogP contribution is 2.27. The number of aryl methyl sites for hydroxylation is 2. The Balaban J connectivity index is 1.53. The van der Waals surface area contributed by atoms with Crippen LogP contribution in [0.3, 0.4) is 0 Å². The van der Waals surface area contributed by atoms with Gasteiger partial charge in [0.15, 0.2) is 0 Å². The van der Waals surface area contributed by atoms with Crippen molar-refractivity contribution in [3.63, 3.8) is 0 Å². The largest absolute Gasteiger partial charge is 0.350 e. The highest BCUT2D eigenvalue weighted by molar-refractivity contribution is 7.92. The summed E-state index contributed by atoms with van der Waals surface area (Å²) in [6.07, 6.45) is 1.44. The molecule has 36 heavy (non-hydrogen) atoms. The van der Waals surface area contributed by atoms with Gasteiger partial charge in [-0.25, -0.2) is 8.42 Å². The number of carbonyl (C=O) groups excluding carboxylic acids is 2. The molecule has 0 bridgehead atoms. The van der Waals surface area contributed by atoms with Crippen LogP contribution in [-0.4, -0.2) is 38.2 Å². The van der Waals surface area contributed by atoms with Crippen LogP contribution in [0.4, 0.5) is 5.69 Å². The number of hydrogen-bond donors (Lipinski definition) is 1. The van der Waals surface area contributed by atoms with Crippen molar-refractivity contribution < 1.29 is 18.0 Å². The molecule has 0 saturated carbocycles. The fraction of sp³-hybridized carbons (Fsp3) is 0.286. The van der Waals surface area contributed by atoms with Crippen LogP contribution in [0.25, 0.3) is 0 Å². The lowest BCUT2D eigenvalue weighted by Gasteiger charge is -2.26. The van der Waals surface area contributed by atoms with Gasteiger partial charge in [-0.05, 0) is 55.2 Å². The summed E-state index contributed by atoms with van der Waals surface area (Å²) in [5.74, 6) is -0.273. The predicted octanol–water partition coefficient (Wildman–Crippen LogP) is 3.94. The first-order chi connectivity index (χ1) is 17.3. The summed E-state index contributed by atoms with van der Waals surface area (Å²) in [4.78, 5) is 27.1. The van der Waals surface area contributed by atoms with Crippen molar-refractivity contribution in [1.82, 2.24) is 10.2 Å². The molecular formula is C28H31N3O4S. The Labute approximate surface area is 212 Å². The van der Waals surface area contributed by atoms with Crippen molar-refractivity contribution >= 4 is 27.5 Å². The summed E-state index contributed by atoms with van der Waals surface area (Å²) in [7, 11) is -3.97. The molecule has 188 valence electrons. The van der Waals surface area contributed by atoms with Gasteiger partial charge in [-0.3, -0.25) is 13.9 Å². The third-order valence-electron chi connectivity index (χ3n) is 6.41. The van der Waals surface area contributed by atoms with Gasteiger partial charge in [0.05, 0.1) is 10.6 Å². The van der Waals surface area contributed by atoms with E-state index in [-0.39, 0.29) is 23.9 Å². The summed E-state index contributed by atoms with van der Waals surface area (Å²) < 4.78 is 28.3. The molecule has 0 radical (unpaired) electrons. The second-order valence-corrected chi connectivity index (χ2v) is 10.9. The molecular weight excluding hydrogens is 474 g/mol. The number of anilines is 1. The molecule has 2 amide bonds. The SMILES string of the molecule is Cc1ccc(S(=O)(=O)N(CC(=O)NCc2ccccc2CN2CCCC2=O)c2ccccc2C)cc1. The van der Waals surface area contributed by atoms with Crippen molar-refractivity contribution in [2.24, 2.45) is 0 Å². The van der Waals surface area contributed by atoms with Gasteiger partial charge >= 0.3 is 0 Å². The Morgan fingerprint density at radius 3 is 2.28 bits per heavy atom. The topological polar surface area (TPSA) is 86.8 Å². The molecule has 0 unspecified atom stereocenters. The molecule has 1 aliphatic heterocycles. The minimum atomic E-state index is -3.97. The average Bonchev–Trinajstić information content (AvgIpc) is 3.27. The van der Waals surface area contributed by atoms with Crippen LogP contribution in [0.2, 0.25) is 0 Å². The Morgan fingerprint density at radius 2 is 1.61 bits per heavy atom.